The van der Waals surface area contributed by atoms with E-state index in [-0.39, 0.29) is 6.04 Å². The molecular weight excluding hydrogens is 244 g/mol. The number of nitrogens with zero attached hydrogens (tertiary/aromatic N) is 1. The van der Waals surface area contributed by atoms with Crippen LogP contribution < -0.4 is 10.6 Å². The molecule has 3 rings (SSSR count). The molecule has 0 saturated heterocycles. The first-order valence-corrected chi connectivity index (χ1v) is 7.42. The highest BCUT2D eigenvalue weighted by Gasteiger charge is 2.17. The normalized spacial score (nSPS) is 16.4. The number of hydrogen-bond acceptors (Lipinski definition) is 2. The smallest absolute Gasteiger partial charge is 0.0432 e. The van der Waals surface area contributed by atoms with E-state index in [0.717, 1.165) is 13.1 Å². The number of benzene rings is 2. The van der Waals surface area contributed by atoms with Gasteiger partial charge in [-0.15, -0.1) is 0 Å². The van der Waals surface area contributed by atoms with Crippen molar-refractivity contribution in [3.05, 3.63) is 65.2 Å². The Balaban J connectivity index is 1.96. The molecule has 0 saturated carbocycles. The third kappa shape index (κ3) is 2.56. The van der Waals surface area contributed by atoms with Crippen molar-refractivity contribution in [1.82, 2.24) is 0 Å². The third-order valence-corrected chi connectivity index (χ3v) is 4.12. The second kappa shape index (κ2) is 5.68. The van der Waals surface area contributed by atoms with Crippen molar-refractivity contribution >= 4 is 5.69 Å². The first kappa shape index (κ1) is 13.2. The number of anilines is 1. The molecule has 1 unspecified atom stereocenters. The lowest BCUT2D eigenvalue weighted by molar-refractivity contribution is 0.744. The standard InChI is InChI=1S/C18H22N2/c1-14(19)17-10-4-5-11-18(17)20-12-6-9-15-7-2-3-8-16(15)13-20/h2-5,7-8,10-11,14H,6,9,12-13,19H2,1H3. The number of fused-ring (bicyclic) bond motifs is 1. The molecule has 0 bridgehead atoms. The van der Waals surface area contributed by atoms with E-state index in [1.54, 1.807) is 0 Å². The Labute approximate surface area is 121 Å². The Morgan fingerprint density at radius 2 is 1.70 bits per heavy atom. The van der Waals surface area contributed by atoms with Crippen LogP contribution in [-0.4, -0.2) is 6.54 Å². The molecule has 0 aromatic heterocycles. The predicted molar refractivity (Wildman–Crippen MR) is 84.9 cm³/mol. The molecule has 2 nitrogen and oxygen atoms in total. The van der Waals surface area contributed by atoms with Crippen LogP contribution in [0, 0.1) is 0 Å². The van der Waals surface area contributed by atoms with Gasteiger partial charge in [0, 0.05) is 24.8 Å². The predicted octanol–water partition coefficient (Wildman–Crippen LogP) is 3.66. The molecule has 1 atom stereocenters. The van der Waals surface area contributed by atoms with Crippen molar-refractivity contribution in [3.63, 3.8) is 0 Å². The summed E-state index contributed by atoms with van der Waals surface area (Å²) in [6.45, 7) is 4.14. The van der Waals surface area contributed by atoms with Crippen molar-refractivity contribution < 1.29 is 0 Å². The Kier molecular flexibility index (Phi) is 3.75. The van der Waals surface area contributed by atoms with Gasteiger partial charge >= 0.3 is 0 Å². The Morgan fingerprint density at radius 3 is 2.50 bits per heavy atom. The minimum atomic E-state index is 0.0738. The van der Waals surface area contributed by atoms with Crippen molar-refractivity contribution in [1.29, 1.82) is 0 Å². The summed E-state index contributed by atoms with van der Waals surface area (Å²) in [6.07, 6.45) is 2.37. The van der Waals surface area contributed by atoms with Crippen molar-refractivity contribution in [3.8, 4) is 0 Å². The molecule has 1 aliphatic heterocycles. The van der Waals surface area contributed by atoms with Gasteiger partial charge in [0.2, 0.25) is 0 Å². The van der Waals surface area contributed by atoms with Gasteiger partial charge in [0.1, 0.15) is 0 Å². The fourth-order valence-electron chi connectivity index (χ4n) is 3.07. The Bertz CT molecular complexity index is 589. The van der Waals surface area contributed by atoms with Crippen molar-refractivity contribution in [2.45, 2.75) is 32.4 Å². The minimum Gasteiger partial charge on any atom is -0.367 e. The molecule has 2 aromatic carbocycles. The van der Waals surface area contributed by atoms with Crippen LogP contribution >= 0.6 is 0 Å². The van der Waals surface area contributed by atoms with E-state index in [1.165, 1.54) is 35.2 Å². The zero-order valence-corrected chi connectivity index (χ0v) is 12.0. The first-order valence-electron chi connectivity index (χ1n) is 7.42. The summed E-state index contributed by atoms with van der Waals surface area (Å²) >= 11 is 0. The van der Waals surface area contributed by atoms with Gasteiger partial charge < -0.3 is 10.6 Å². The van der Waals surface area contributed by atoms with Gasteiger partial charge in [-0.25, -0.2) is 0 Å². The highest BCUT2D eigenvalue weighted by molar-refractivity contribution is 5.56. The summed E-state index contributed by atoms with van der Waals surface area (Å²) in [5.74, 6) is 0. The van der Waals surface area contributed by atoms with Crippen LogP contribution in [0.3, 0.4) is 0 Å². The van der Waals surface area contributed by atoms with Gasteiger partial charge in [-0.1, -0.05) is 42.5 Å². The van der Waals surface area contributed by atoms with Crippen LogP contribution in [-0.2, 0) is 13.0 Å². The van der Waals surface area contributed by atoms with E-state index < -0.39 is 0 Å². The fraction of sp³-hybridized carbons (Fsp3) is 0.333. The van der Waals surface area contributed by atoms with E-state index >= 15 is 0 Å². The molecule has 1 aliphatic rings. The zero-order valence-electron chi connectivity index (χ0n) is 12.0. The number of hydrogen-bond donors (Lipinski definition) is 1. The molecule has 104 valence electrons. The molecule has 2 N–H and O–H groups in total. The van der Waals surface area contributed by atoms with E-state index in [2.05, 4.69) is 60.4 Å². The molecule has 2 heteroatoms. The molecule has 0 fully saturated rings. The first-order chi connectivity index (χ1) is 9.75. The van der Waals surface area contributed by atoms with E-state index in [9.17, 15) is 0 Å². The van der Waals surface area contributed by atoms with Gasteiger partial charge in [0.25, 0.3) is 0 Å². The second-order valence-electron chi connectivity index (χ2n) is 5.64. The average molecular weight is 266 g/mol. The molecule has 2 aromatic rings. The maximum Gasteiger partial charge on any atom is 0.0432 e. The zero-order chi connectivity index (χ0) is 13.9. The summed E-state index contributed by atoms with van der Waals surface area (Å²) in [5, 5.41) is 0. The Morgan fingerprint density at radius 1 is 1.00 bits per heavy atom. The summed E-state index contributed by atoms with van der Waals surface area (Å²) in [6, 6.07) is 17.4. The van der Waals surface area contributed by atoms with Crippen molar-refractivity contribution in [2.75, 3.05) is 11.4 Å². The second-order valence-corrected chi connectivity index (χ2v) is 5.64. The number of rotatable bonds is 2. The fourth-order valence-corrected chi connectivity index (χ4v) is 3.07. The SMILES string of the molecule is CC(N)c1ccccc1N1CCCc2ccccc2C1. The maximum absolute atomic E-state index is 6.13. The molecule has 20 heavy (non-hydrogen) atoms. The van der Waals surface area contributed by atoms with E-state index in [4.69, 9.17) is 5.73 Å². The highest BCUT2D eigenvalue weighted by atomic mass is 15.1. The molecule has 1 heterocycles. The quantitative estimate of drug-likeness (QED) is 0.899. The van der Waals surface area contributed by atoms with Gasteiger partial charge in [0.15, 0.2) is 0 Å². The number of para-hydroxylation sites is 1. The van der Waals surface area contributed by atoms with Crippen LogP contribution in [0.15, 0.2) is 48.5 Å². The van der Waals surface area contributed by atoms with Gasteiger partial charge in [-0.05, 0) is 42.5 Å². The summed E-state index contributed by atoms with van der Waals surface area (Å²) in [5.41, 5.74) is 11.6. The lowest BCUT2D eigenvalue weighted by Crippen LogP contribution is -2.25. The molecular formula is C18H22N2. The van der Waals surface area contributed by atoms with Crippen LogP contribution in [0.4, 0.5) is 5.69 Å². The molecule has 0 radical (unpaired) electrons. The largest absolute Gasteiger partial charge is 0.367 e. The summed E-state index contributed by atoms with van der Waals surface area (Å²) in [4.78, 5) is 2.48. The van der Waals surface area contributed by atoms with Gasteiger partial charge in [-0.3, -0.25) is 0 Å². The van der Waals surface area contributed by atoms with Crippen LogP contribution in [0.25, 0.3) is 0 Å². The monoisotopic (exact) mass is 266 g/mol. The molecule has 0 aliphatic carbocycles. The molecule has 0 amide bonds. The summed E-state index contributed by atoms with van der Waals surface area (Å²) in [7, 11) is 0. The summed E-state index contributed by atoms with van der Waals surface area (Å²) < 4.78 is 0. The van der Waals surface area contributed by atoms with Gasteiger partial charge in [0.05, 0.1) is 0 Å². The van der Waals surface area contributed by atoms with Crippen molar-refractivity contribution in [2.24, 2.45) is 5.73 Å². The third-order valence-electron chi connectivity index (χ3n) is 4.12. The molecule has 0 spiro atoms. The number of nitrogens with two attached hydrogens (primary N) is 1. The number of aryl methyl sites for hydroxylation is 1. The van der Waals surface area contributed by atoms with Crippen LogP contribution in [0.2, 0.25) is 0 Å². The van der Waals surface area contributed by atoms with E-state index in [1.807, 2.05) is 0 Å². The average Bonchev–Trinajstić information content (AvgIpc) is 2.69. The van der Waals surface area contributed by atoms with Crippen LogP contribution in [0.1, 0.15) is 36.1 Å². The topological polar surface area (TPSA) is 29.3 Å². The van der Waals surface area contributed by atoms with Gasteiger partial charge in [-0.2, -0.15) is 0 Å². The van der Waals surface area contributed by atoms with E-state index in [0.29, 0.717) is 0 Å². The maximum atomic E-state index is 6.13. The Hall–Kier alpha value is -1.80. The lowest BCUT2D eigenvalue weighted by Gasteiger charge is -2.27. The highest BCUT2D eigenvalue weighted by Crippen LogP contribution is 2.29. The lowest BCUT2D eigenvalue weighted by atomic mass is 10.0. The minimum absolute atomic E-state index is 0.0738. The van der Waals surface area contributed by atoms with Crippen LogP contribution in [0.5, 0.6) is 0 Å².